The first-order valence-corrected chi connectivity index (χ1v) is 9.69. The molecule has 1 unspecified atom stereocenters. The quantitative estimate of drug-likeness (QED) is 0.600. The third-order valence-corrected chi connectivity index (χ3v) is 7.92. The molecule has 24 heavy (non-hydrogen) atoms. The van der Waals surface area contributed by atoms with Crippen molar-refractivity contribution in [2.24, 2.45) is 29.1 Å². The van der Waals surface area contributed by atoms with Crippen molar-refractivity contribution in [1.29, 1.82) is 0 Å². The van der Waals surface area contributed by atoms with Crippen LogP contribution in [0.3, 0.4) is 0 Å². The van der Waals surface area contributed by atoms with Gasteiger partial charge in [-0.05, 0) is 68.8 Å². The Kier molecular flexibility index (Phi) is 4.04. The Morgan fingerprint density at radius 1 is 1.33 bits per heavy atom. The van der Waals surface area contributed by atoms with Crippen LogP contribution in [0.5, 0.6) is 0 Å². The minimum Gasteiger partial charge on any atom is -0.501 e. The van der Waals surface area contributed by atoms with Crippen LogP contribution >= 0.6 is 0 Å². The highest BCUT2D eigenvalue weighted by atomic mass is 16.5. The molecular weight excluding hydrogens is 296 g/mol. The van der Waals surface area contributed by atoms with Crippen LogP contribution in [0.4, 0.5) is 0 Å². The second-order valence-corrected chi connectivity index (χ2v) is 8.43. The smallest absolute Gasteiger partial charge is 0.0959 e. The zero-order valence-corrected chi connectivity index (χ0v) is 15.1. The summed E-state index contributed by atoms with van der Waals surface area (Å²) in [5.74, 6) is 6.38. The van der Waals surface area contributed by atoms with Crippen molar-refractivity contribution < 1.29 is 9.84 Å². The van der Waals surface area contributed by atoms with Crippen molar-refractivity contribution in [1.82, 2.24) is 0 Å². The number of aliphatic hydroxyl groups is 1. The SMILES string of the molecule is C#CC(C)[C@]12CC[C@@H]3C4=C(CC[C@H]3[C@@H]1CC[C@@H]2O)CC(OC)=CC4. The molecule has 0 heterocycles. The van der Waals surface area contributed by atoms with E-state index in [9.17, 15) is 5.11 Å². The molecule has 0 aliphatic heterocycles. The second-order valence-electron chi connectivity index (χ2n) is 8.43. The molecule has 2 heteroatoms. The molecule has 2 nitrogen and oxygen atoms in total. The number of methoxy groups -OCH3 is 1. The fourth-order valence-corrected chi connectivity index (χ4v) is 6.73. The first-order valence-electron chi connectivity index (χ1n) is 9.69. The van der Waals surface area contributed by atoms with Crippen LogP contribution in [-0.4, -0.2) is 18.3 Å². The highest BCUT2D eigenvalue weighted by Gasteiger charge is 2.59. The van der Waals surface area contributed by atoms with E-state index in [0.717, 1.165) is 49.7 Å². The van der Waals surface area contributed by atoms with Crippen molar-refractivity contribution in [3.63, 3.8) is 0 Å². The molecule has 0 aromatic heterocycles. The topological polar surface area (TPSA) is 29.5 Å². The van der Waals surface area contributed by atoms with Gasteiger partial charge in [0.2, 0.25) is 0 Å². The number of ether oxygens (including phenoxy) is 1. The van der Waals surface area contributed by atoms with E-state index in [1.54, 1.807) is 18.3 Å². The van der Waals surface area contributed by atoms with Gasteiger partial charge in [-0.1, -0.05) is 18.1 Å². The fraction of sp³-hybridized carbons (Fsp3) is 0.727. The van der Waals surface area contributed by atoms with E-state index in [4.69, 9.17) is 11.2 Å². The van der Waals surface area contributed by atoms with Crippen LogP contribution < -0.4 is 0 Å². The molecule has 0 radical (unpaired) electrons. The summed E-state index contributed by atoms with van der Waals surface area (Å²) in [6.07, 6.45) is 16.9. The van der Waals surface area contributed by atoms with Gasteiger partial charge >= 0.3 is 0 Å². The van der Waals surface area contributed by atoms with Crippen LogP contribution in [0.25, 0.3) is 0 Å². The van der Waals surface area contributed by atoms with Gasteiger partial charge < -0.3 is 9.84 Å². The third-order valence-electron chi connectivity index (χ3n) is 7.92. The van der Waals surface area contributed by atoms with E-state index in [-0.39, 0.29) is 17.4 Å². The number of rotatable bonds is 2. The minimum atomic E-state index is -0.198. The minimum absolute atomic E-state index is 0.0177. The van der Waals surface area contributed by atoms with Crippen LogP contribution in [0, 0.1) is 41.4 Å². The number of hydrogen-bond acceptors (Lipinski definition) is 2. The normalized spacial score (nSPS) is 42.3. The van der Waals surface area contributed by atoms with Crippen LogP contribution in [0.1, 0.15) is 58.3 Å². The Bertz CT molecular complexity index is 622. The van der Waals surface area contributed by atoms with Gasteiger partial charge in [-0.2, -0.15) is 0 Å². The van der Waals surface area contributed by atoms with E-state index >= 15 is 0 Å². The lowest BCUT2D eigenvalue weighted by Gasteiger charge is -2.54. The van der Waals surface area contributed by atoms with Gasteiger partial charge in [-0.25, -0.2) is 0 Å². The maximum atomic E-state index is 10.8. The first kappa shape index (κ1) is 16.3. The second kappa shape index (κ2) is 5.95. The summed E-state index contributed by atoms with van der Waals surface area (Å²) in [5, 5.41) is 10.8. The van der Waals surface area contributed by atoms with Crippen LogP contribution in [-0.2, 0) is 4.74 Å². The van der Waals surface area contributed by atoms with E-state index in [1.165, 1.54) is 19.3 Å². The predicted molar refractivity (Wildman–Crippen MR) is 96.0 cm³/mol. The van der Waals surface area contributed by atoms with E-state index in [2.05, 4.69) is 18.9 Å². The molecular formula is C22H30O2. The molecule has 1 N–H and O–H groups in total. The number of aliphatic hydroxyl groups excluding tert-OH is 1. The summed E-state index contributed by atoms with van der Waals surface area (Å²) < 4.78 is 5.49. The maximum absolute atomic E-state index is 10.8. The fourth-order valence-electron chi connectivity index (χ4n) is 6.73. The predicted octanol–water partition coefficient (Wildman–Crippen LogP) is 4.45. The average Bonchev–Trinajstić information content (AvgIpc) is 2.98. The van der Waals surface area contributed by atoms with Crippen molar-refractivity contribution in [3.05, 3.63) is 23.0 Å². The summed E-state index contributed by atoms with van der Waals surface area (Å²) in [7, 11) is 1.79. The lowest BCUT2D eigenvalue weighted by atomic mass is 9.51. The van der Waals surface area contributed by atoms with Gasteiger partial charge in [0.1, 0.15) is 0 Å². The Balaban J connectivity index is 1.64. The molecule has 0 bridgehead atoms. The highest BCUT2D eigenvalue weighted by molar-refractivity contribution is 5.33. The van der Waals surface area contributed by atoms with E-state index in [1.807, 2.05) is 0 Å². The lowest BCUT2D eigenvalue weighted by Crippen LogP contribution is -2.50. The van der Waals surface area contributed by atoms with Crippen molar-refractivity contribution in [2.75, 3.05) is 7.11 Å². The molecule has 130 valence electrons. The van der Waals surface area contributed by atoms with Crippen molar-refractivity contribution >= 4 is 0 Å². The van der Waals surface area contributed by atoms with Gasteiger partial charge in [-0.3, -0.25) is 0 Å². The van der Waals surface area contributed by atoms with Gasteiger partial charge in [0.05, 0.1) is 19.0 Å². The van der Waals surface area contributed by atoms with Gasteiger partial charge in [0.15, 0.2) is 0 Å². The molecule has 2 fully saturated rings. The Morgan fingerprint density at radius 3 is 2.92 bits per heavy atom. The summed E-state index contributed by atoms with van der Waals surface area (Å²) in [5.41, 5.74) is 3.33. The molecule has 4 rings (SSSR count). The number of fused-ring (bicyclic) bond motifs is 4. The lowest BCUT2D eigenvalue weighted by molar-refractivity contribution is -0.0666. The van der Waals surface area contributed by atoms with Crippen molar-refractivity contribution in [3.8, 4) is 12.3 Å². The highest BCUT2D eigenvalue weighted by Crippen LogP contribution is 2.63. The zero-order valence-electron chi connectivity index (χ0n) is 15.1. The largest absolute Gasteiger partial charge is 0.501 e. The third kappa shape index (κ3) is 2.14. The summed E-state index contributed by atoms with van der Waals surface area (Å²) >= 11 is 0. The average molecular weight is 326 g/mol. The molecule has 0 saturated heterocycles. The van der Waals surface area contributed by atoms with Gasteiger partial charge in [-0.15, -0.1) is 12.3 Å². The standard InChI is InChI=1S/C22H30O2/c1-4-14(2)22-12-11-18-17-8-6-16(24-3)13-15(17)5-7-19(18)20(22)9-10-21(22)23/h1,6,14,18-21,23H,5,7-13H2,2-3H3/t14?,18-,19-,20+,21+,22-/m1/s1. The van der Waals surface area contributed by atoms with E-state index < -0.39 is 0 Å². The molecule has 0 aromatic carbocycles. The zero-order chi connectivity index (χ0) is 16.9. The Labute approximate surface area is 146 Å². The first-order chi connectivity index (χ1) is 11.6. The molecule has 4 aliphatic carbocycles. The number of terminal acetylenes is 1. The van der Waals surface area contributed by atoms with E-state index in [0.29, 0.717) is 5.92 Å². The Morgan fingerprint density at radius 2 is 2.17 bits per heavy atom. The molecule has 2 saturated carbocycles. The molecule has 6 atom stereocenters. The number of allylic oxidation sites excluding steroid dienone is 3. The Hall–Kier alpha value is -1.20. The van der Waals surface area contributed by atoms with Crippen molar-refractivity contribution in [2.45, 2.75) is 64.4 Å². The monoisotopic (exact) mass is 326 g/mol. The van der Waals surface area contributed by atoms with Gasteiger partial charge in [0, 0.05) is 17.8 Å². The molecule has 0 spiro atoms. The summed E-state index contributed by atoms with van der Waals surface area (Å²) in [6.45, 7) is 2.17. The molecule has 0 amide bonds. The number of hydrogen-bond donors (Lipinski definition) is 1. The van der Waals surface area contributed by atoms with Gasteiger partial charge in [0.25, 0.3) is 0 Å². The summed E-state index contributed by atoms with van der Waals surface area (Å²) in [6, 6.07) is 0. The molecule has 0 aromatic rings. The summed E-state index contributed by atoms with van der Waals surface area (Å²) in [4.78, 5) is 0. The maximum Gasteiger partial charge on any atom is 0.0959 e. The molecule has 4 aliphatic rings. The van der Waals surface area contributed by atoms with Crippen LogP contribution in [0.2, 0.25) is 0 Å². The van der Waals surface area contributed by atoms with Crippen LogP contribution in [0.15, 0.2) is 23.0 Å².